The third-order valence-corrected chi connectivity index (χ3v) is 3.50. The van der Waals surface area contributed by atoms with Crippen LogP contribution in [0.15, 0.2) is 15.1 Å². The predicted molar refractivity (Wildman–Crippen MR) is 51.1 cm³/mol. The van der Waals surface area contributed by atoms with Crippen molar-refractivity contribution in [3.05, 3.63) is 20.8 Å². The molecule has 72 valence electrons. The fraction of sp³-hybridized carbons (Fsp3) is 0.286. The molecule has 0 spiro atoms. The van der Waals surface area contributed by atoms with Crippen LogP contribution in [-0.4, -0.2) is 12.1 Å². The molecular weight excluding hydrogens is 312 g/mol. The van der Waals surface area contributed by atoms with Crippen molar-refractivity contribution in [3.63, 3.8) is 0 Å². The van der Waals surface area contributed by atoms with Crippen molar-refractivity contribution in [3.8, 4) is 5.75 Å². The van der Waals surface area contributed by atoms with E-state index in [-0.39, 0.29) is 10.2 Å². The molecule has 0 N–H and O–H groups in total. The lowest BCUT2D eigenvalue weighted by molar-refractivity contribution is 0.145. The number of methoxy groups -OCH3 is 1. The van der Waals surface area contributed by atoms with E-state index in [1.54, 1.807) is 0 Å². The number of ether oxygens (including phenoxy) is 1. The molecular formula is C7H5Br2F2NO. The Morgan fingerprint density at radius 1 is 1.38 bits per heavy atom. The lowest BCUT2D eigenvalue weighted by Crippen LogP contribution is -1.95. The summed E-state index contributed by atoms with van der Waals surface area (Å²) in [4.78, 5) is 3.56. The van der Waals surface area contributed by atoms with Gasteiger partial charge in [0.05, 0.1) is 22.3 Å². The van der Waals surface area contributed by atoms with Crippen LogP contribution < -0.4 is 4.74 Å². The number of pyridine rings is 1. The van der Waals surface area contributed by atoms with Gasteiger partial charge in [-0.15, -0.1) is 0 Å². The minimum absolute atomic E-state index is 0.224. The van der Waals surface area contributed by atoms with Gasteiger partial charge in [0.1, 0.15) is 5.69 Å². The van der Waals surface area contributed by atoms with Gasteiger partial charge in [0.15, 0.2) is 5.75 Å². The molecule has 0 bridgehead atoms. The zero-order valence-electron chi connectivity index (χ0n) is 6.52. The summed E-state index contributed by atoms with van der Waals surface area (Å²) in [7, 11) is 1.44. The number of rotatable bonds is 2. The first kappa shape index (κ1) is 10.8. The molecule has 0 amide bonds. The first-order chi connectivity index (χ1) is 6.07. The molecule has 6 heteroatoms. The molecule has 0 aliphatic carbocycles. The van der Waals surface area contributed by atoms with E-state index < -0.39 is 6.43 Å². The van der Waals surface area contributed by atoms with E-state index in [0.717, 1.165) is 0 Å². The fourth-order valence-corrected chi connectivity index (χ4v) is 1.69. The highest BCUT2D eigenvalue weighted by atomic mass is 79.9. The highest BCUT2D eigenvalue weighted by Crippen LogP contribution is 2.37. The van der Waals surface area contributed by atoms with Gasteiger partial charge >= 0.3 is 0 Å². The van der Waals surface area contributed by atoms with Crippen molar-refractivity contribution in [1.29, 1.82) is 0 Å². The van der Waals surface area contributed by atoms with Crippen molar-refractivity contribution >= 4 is 31.9 Å². The molecule has 1 aromatic heterocycles. The Morgan fingerprint density at radius 3 is 2.46 bits per heavy atom. The summed E-state index contributed by atoms with van der Waals surface area (Å²) in [6.45, 7) is 0. The lowest BCUT2D eigenvalue weighted by atomic mass is 10.3. The number of hydrogen-bond acceptors (Lipinski definition) is 2. The maximum Gasteiger partial charge on any atom is 0.281 e. The standard InChI is InChI=1S/C7H5Br2F2NO/c1-13-3-2-12-6(7(10)11)5(9)4(3)8/h2,7H,1H3. The first-order valence-electron chi connectivity index (χ1n) is 3.24. The average molecular weight is 317 g/mol. The van der Waals surface area contributed by atoms with E-state index in [0.29, 0.717) is 10.2 Å². The van der Waals surface area contributed by atoms with Crippen molar-refractivity contribution in [1.82, 2.24) is 4.98 Å². The lowest BCUT2D eigenvalue weighted by Gasteiger charge is -2.07. The van der Waals surface area contributed by atoms with Gasteiger partial charge in [-0.3, -0.25) is 4.98 Å². The topological polar surface area (TPSA) is 22.1 Å². The number of aromatic nitrogens is 1. The Labute approximate surface area is 90.6 Å². The van der Waals surface area contributed by atoms with E-state index in [2.05, 4.69) is 36.8 Å². The first-order valence-corrected chi connectivity index (χ1v) is 4.82. The molecule has 13 heavy (non-hydrogen) atoms. The largest absolute Gasteiger partial charge is 0.494 e. The molecule has 1 rings (SSSR count). The van der Waals surface area contributed by atoms with Gasteiger partial charge in [-0.05, 0) is 31.9 Å². The van der Waals surface area contributed by atoms with Gasteiger partial charge in [-0.2, -0.15) is 0 Å². The summed E-state index contributed by atoms with van der Waals surface area (Å²) in [6, 6.07) is 0. The van der Waals surface area contributed by atoms with Crippen LogP contribution in [0.2, 0.25) is 0 Å². The fourth-order valence-electron chi connectivity index (χ4n) is 0.757. The summed E-state index contributed by atoms with van der Waals surface area (Å²) < 4.78 is 30.1. The van der Waals surface area contributed by atoms with Crippen molar-refractivity contribution in [2.75, 3.05) is 7.11 Å². The minimum Gasteiger partial charge on any atom is -0.494 e. The Balaban J connectivity index is 3.23. The number of halogens is 4. The molecule has 0 atom stereocenters. The second-order valence-electron chi connectivity index (χ2n) is 2.14. The Kier molecular flexibility index (Phi) is 3.61. The van der Waals surface area contributed by atoms with E-state index in [4.69, 9.17) is 4.74 Å². The van der Waals surface area contributed by atoms with Crippen LogP contribution in [-0.2, 0) is 0 Å². The molecule has 0 aromatic carbocycles. The summed E-state index contributed by atoms with van der Waals surface area (Å²) in [6.07, 6.45) is -1.35. The highest BCUT2D eigenvalue weighted by Gasteiger charge is 2.17. The normalized spacial score (nSPS) is 10.6. The third-order valence-electron chi connectivity index (χ3n) is 1.38. The van der Waals surface area contributed by atoms with Gasteiger partial charge in [0, 0.05) is 0 Å². The smallest absolute Gasteiger partial charge is 0.281 e. The van der Waals surface area contributed by atoms with Crippen molar-refractivity contribution in [2.45, 2.75) is 6.43 Å². The molecule has 1 heterocycles. The molecule has 2 nitrogen and oxygen atoms in total. The minimum atomic E-state index is -2.60. The predicted octanol–water partition coefficient (Wildman–Crippen LogP) is 3.55. The Bertz CT molecular complexity index is 320. The molecule has 1 aromatic rings. The van der Waals surface area contributed by atoms with Crippen LogP contribution in [0.4, 0.5) is 8.78 Å². The summed E-state index contributed by atoms with van der Waals surface area (Å²) in [5.41, 5.74) is -0.298. The number of hydrogen-bond donors (Lipinski definition) is 0. The second kappa shape index (κ2) is 4.32. The van der Waals surface area contributed by atoms with Crippen molar-refractivity contribution in [2.24, 2.45) is 0 Å². The highest BCUT2D eigenvalue weighted by molar-refractivity contribution is 9.13. The summed E-state index contributed by atoms with van der Waals surface area (Å²) >= 11 is 6.12. The zero-order valence-corrected chi connectivity index (χ0v) is 9.69. The van der Waals surface area contributed by atoms with Gasteiger partial charge in [-0.1, -0.05) is 0 Å². The van der Waals surface area contributed by atoms with Gasteiger partial charge in [-0.25, -0.2) is 8.78 Å². The Hall–Kier alpha value is -0.230. The third kappa shape index (κ3) is 2.17. The quantitative estimate of drug-likeness (QED) is 0.832. The molecule has 0 aliphatic heterocycles. The number of alkyl halides is 2. The zero-order chi connectivity index (χ0) is 10.0. The van der Waals surface area contributed by atoms with Gasteiger partial charge < -0.3 is 4.74 Å². The van der Waals surface area contributed by atoms with Gasteiger partial charge in [0.25, 0.3) is 6.43 Å². The second-order valence-corrected chi connectivity index (χ2v) is 3.73. The maximum atomic E-state index is 12.3. The molecule has 0 radical (unpaired) electrons. The molecule has 0 unspecified atom stereocenters. The van der Waals surface area contributed by atoms with Crippen LogP contribution in [0.1, 0.15) is 12.1 Å². The van der Waals surface area contributed by atoms with Gasteiger partial charge in [0.2, 0.25) is 0 Å². The Morgan fingerprint density at radius 2 is 2.00 bits per heavy atom. The molecule has 0 aliphatic rings. The maximum absolute atomic E-state index is 12.3. The summed E-state index contributed by atoms with van der Waals surface area (Å²) in [5.74, 6) is 0.413. The van der Waals surface area contributed by atoms with Crippen molar-refractivity contribution < 1.29 is 13.5 Å². The molecule has 0 saturated carbocycles. The van der Waals surface area contributed by atoms with E-state index in [9.17, 15) is 8.78 Å². The monoisotopic (exact) mass is 315 g/mol. The van der Waals surface area contributed by atoms with Crippen LogP contribution in [0.5, 0.6) is 5.75 Å². The van der Waals surface area contributed by atoms with E-state index >= 15 is 0 Å². The SMILES string of the molecule is COc1cnc(C(F)F)c(Br)c1Br. The van der Waals surface area contributed by atoms with Crippen LogP contribution >= 0.6 is 31.9 Å². The number of nitrogens with zero attached hydrogens (tertiary/aromatic N) is 1. The summed E-state index contributed by atoms with van der Waals surface area (Å²) in [5, 5.41) is 0. The van der Waals surface area contributed by atoms with Crippen LogP contribution in [0.3, 0.4) is 0 Å². The van der Waals surface area contributed by atoms with Crippen LogP contribution in [0.25, 0.3) is 0 Å². The van der Waals surface area contributed by atoms with Crippen LogP contribution in [0, 0.1) is 0 Å². The van der Waals surface area contributed by atoms with E-state index in [1.807, 2.05) is 0 Å². The molecule has 0 fully saturated rings. The van der Waals surface area contributed by atoms with E-state index in [1.165, 1.54) is 13.3 Å². The molecule has 0 saturated heterocycles. The average Bonchev–Trinajstić information content (AvgIpc) is 2.09.